The van der Waals surface area contributed by atoms with Gasteiger partial charge in [-0.2, -0.15) is 0 Å². The molecule has 4 heteroatoms. The van der Waals surface area contributed by atoms with Gasteiger partial charge < -0.3 is 0 Å². The molecule has 0 bridgehead atoms. The van der Waals surface area contributed by atoms with Crippen LogP contribution < -0.4 is 0 Å². The normalized spacial score (nSPS) is 13.5. The third-order valence-corrected chi connectivity index (χ3v) is 5.97. The van der Waals surface area contributed by atoms with Gasteiger partial charge in [0.2, 0.25) is 0 Å². The Labute approximate surface area is 170 Å². The molecule has 0 aromatic heterocycles. The second-order valence-corrected chi connectivity index (χ2v) is 7.72. The van der Waals surface area contributed by atoms with Crippen LogP contribution in [-0.4, -0.2) is 29.1 Å². The molecule has 1 aliphatic rings. The summed E-state index contributed by atoms with van der Waals surface area (Å²) < 4.78 is 0. The maximum Gasteiger partial charge on any atom is 0.259 e. The quantitative estimate of drug-likeness (QED) is 0.601. The first kappa shape index (κ1) is 18.5. The molecule has 28 heavy (non-hydrogen) atoms. The third kappa shape index (κ3) is 4.02. The van der Waals surface area contributed by atoms with Crippen molar-refractivity contribution in [2.45, 2.75) is 12.7 Å². The number of hydrogen-bond acceptors (Lipinski definition) is 3. The van der Waals surface area contributed by atoms with Crippen molar-refractivity contribution in [3.63, 3.8) is 0 Å². The molecule has 0 aliphatic carbocycles. The van der Waals surface area contributed by atoms with Gasteiger partial charge in [0, 0.05) is 17.9 Å². The lowest BCUT2D eigenvalue weighted by Gasteiger charge is -2.18. The fourth-order valence-electron chi connectivity index (χ4n) is 3.24. The van der Waals surface area contributed by atoms with Gasteiger partial charge in [0.15, 0.2) is 5.17 Å². The van der Waals surface area contributed by atoms with E-state index in [0.29, 0.717) is 18.7 Å². The van der Waals surface area contributed by atoms with Crippen LogP contribution in [0.15, 0.2) is 83.9 Å². The summed E-state index contributed by atoms with van der Waals surface area (Å²) in [5.74, 6) is 0.843. The lowest BCUT2D eigenvalue weighted by Crippen LogP contribution is -2.32. The molecule has 0 atom stereocenters. The van der Waals surface area contributed by atoms with Crippen LogP contribution in [0.5, 0.6) is 0 Å². The molecule has 0 unspecified atom stereocenters. The number of benzene rings is 3. The van der Waals surface area contributed by atoms with Gasteiger partial charge in [0.05, 0.1) is 6.54 Å². The third-order valence-electron chi connectivity index (χ3n) is 4.90. The predicted octanol–water partition coefficient (Wildman–Crippen LogP) is 5.41. The Hall–Kier alpha value is -2.85. The first-order chi connectivity index (χ1) is 13.7. The van der Waals surface area contributed by atoms with Gasteiger partial charge in [-0.1, -0.05) is 78.5 Å². The molecule has 0 saturated carbocycles. The molecule has 1 heterocycles. The van der Waals surface area contributed by atoms with Crippen LogP contribution in [0.1, 0.15) is 21.5 Å². The summed E-state index contributed by atoms with van der Waals surface area (Å²) in [4.78, 5) is 19.4. The number of carbonyl (C=O) groups excluding carboxylic acids is 1. The van der Waals surface area contributed by atoms with E-state index in [1.54, 1.807) is 16.7 Å². The van der Waals surface area contributed by atoms with Crippen LogP contribution in [0.4, 0.5) is 0 Å². The molecule has 3 aromatic carbocycles. The largest absolute Gasteiger partial charge is 0.286 e. The topological polar surface area (TPSA) is 32.7 Å². The summed E-state index contributed by atoms with van der Waals surface area (Å²) in [6, 6.07) is 26.4. The van der Waals surface area contributed by atoms with E-state index in [1.807, 2.05) is 48.5 Å². The first-order valence-corrected chi connectivity index (χ1v) is 10.4. The maximum atomic E-state index is 13.0. The molecule has 3 aromatic rings. The summed E-state index contributed by atoms with van der Waals surface area (Å²) in [6.07, 6.45) is 0. The number of aliphatic imine (C=N–C) groups is 1. The van der Waals surface area contributed by atoms with Crippen LogP contribution >= 0.6 is 11.8 Å². The van der Waals surface area contributed by atoms with Crippen molar-refractivity contribution in [2.24, 2.45) is 4.99 Å². The zero-order chi connectivity index (χ0) is 19.3. The van der Waals surface area contributed by atoms with E-state index >= 15 is 0 Å². The van der Waals surface area contributed by atoms with Crippen molar-refractivity contribution in [1.82, 2.24) is 4.90 Å². The molecule has 4 rings (SSSR count). The average Bonchev–Trinajstić information content (AvgIpc) is 3.22. The van der Waals surface area contributed by atoms with Crippen LogP contribution in [0.2, 0.25) is 0 Å². The monoisotopic (exact) mass is 386 g/mol. The molecule has 0 spiro atoms. The molecule has 0 saturated heterocycles. The molecule has 140 valence electrons. The van der Waals surface area contributed by atoms with Crippen molar-refractivity contribution in [2.75, 3.05) is 13.1 Å². The Morgan fingerprint density at radius 3 is 2.36 bits per heavy atom. The zero-order valence-corrected chi connectivity index (χ0v) is 16.7. The Balaban J connectivity index is 1.45. The van der Waals surface area contributed by atoms with E-state index in [4.69, 9.17) is 0 Å². The SMILES string of the molecule is Cc1ccccc1CSC1=NCCN1C(=O)c1ccc(-c2ccccc2)cc1. The van der Waals surface area contributed by atoms with Gasteiger partial charge in [0.1, 0.15) is 0 Å². The number of carbonyl (C=O) groups is 1. The van der Waals surface area contributed by atoms with Gasteiger partial charge in [0.25, 0.3) is 5.91 Å². The number of nitrogens with zero attached hydrogens (tertiary/aromatic N) is 2. The number of hydrogen-bond donors (Lipinski definition) is 0. The van der Waals surface area contributed by atoms with Crippen molar-refractivity contribution >= 4 is 22.8 Å². The van der Waals surface area contributed by atoms with Crippen molar-refractivity contribution < 1.29 is 4.79 Å². The van der Waals surface area contributed by atoms with Gasteiger partial charge >= 0.3 is 0 Å². The summed E-state index contributed by atoms with van der Waals surface area (Å²) in [6.45, 7) is 3.43. The summed E-state index contributed by atoms with van der Waals surface area (Å²) >= 11 is 1.64. The lowest BCUT2D eigenvalue weighted by atomic mass is 10.0. The smallest absolute Gasteiger partial charge is 0.259 e. The Kier molecular flexibility index (Phi) is 5.58. The highest BCUT2D eigenvalue weighted by atomic mass is 32.2. The highest BCUT2D eigenvalue weighted by Crippen LogP contribution is 2.24. The molecule has 0 radical (unpaired) electrons. The summed E-state index contributed by atoms with van der Waals surface area (Å²) in [5.41, 5.74) is 5.51. The molecule has 1 amide bonds. The maximum absolute atomic E-state index is 13.0. The van der Waals surface area contributed by atoms with Crippen LogP contribution in [0.25, 0.3) is 11.1 Å². The number of rotatable bonds is 4. The molecular weight excluding hydrogens is 364 g/mol. The second-order valence-electron chi connectivity index (χ2n) is 6.78. The van der Waals surface area contributed by atoms with Gasteiger partial charge in [-0.05, 0) is 41.3 Å². The van der Waals surface area contributed by atoms with Crippen LogP contribution in [0, 0.1) is 6.92 Å². The first-order valence-electron chi connectivity index (χ1n) is 9.41. The van der Waals surface area contributed by atoms with Crippen molar-refractivity contribution in [1.29, 1.82) is 0 Å². The number of amidine groups is 1. The predicted molar refractivity (Wildman–Crippen MR) is 118 cm³/mol. The fourth-order valence-corrected chi connectivity index (χ4v) is 4.37. The zero-order valence-electron chi connectivity index (χ0n) is 15.8. The Morgan fingerprint density at radius 1 is 0.929 bits per heavy atom. The number of aryl methyl sites for hydroxylation is 1. The highest BCUT2D eigenvalue weighted by Gasteiger charge is 2.25. The molecule has 0 N–H and O–H groups in total. The van der Waals surface area contributed by atoms with Crippen LogP contribution in [-0.2, 0) is 5.75 Å². The van der Waals surface area contributed by atoms with E-state index in [0.717, 1.165) is 22.0 Å². The standard InChI is InChI=1S/C24H22N2OS/c1-18-7-5-6-10-22(18)17-28-24-25-15-16-26(24)23(27)21-13-11-20(12-14-21)19-8-3-2-4-9-19/h2-14H,15-17H2,1H3. The van der Waals surface area contributed by atoms with E-state index < -0.39 is 0 Å². The average molecular weight is 387 g/mol. The number of thioether (sulfide) groups is 1. The molecule has 3 nitrogen and oxygen atoms in total. The minimum absolute atomic E-state index is 0.0214. The van der Waals surface area contributed by atoms with Gasteiger partial charge in [-0.15, -0.1) is 0 Å². The summed E-state index contributed by atoms with van der Waals surface area (Å²) in [7, 11) is 0. The van der Waals surface area contributed by atoms with E-state index in [9.17, 15) is 4.79 Å². The minimum Gasteiger partial charge on any atom is -0.286 e. The highest BCUT2D eigenvalue weighted by molar-refractivity contribution is 8.13. The van der Waals surface area contributed by atoms with Gasteiger partial charge in [-0.25, -0.2) is 0 Å². The van der Waals surface area contributed by atoms with E-state index in [2.05, 4.69) is 42.2 Å². The van der Waals surface area contributed by atoms with E-state index in [1.165, 1.54) is 11.1 Å². The lowest BCUT2D eigenvalue weighted by molar-refractivity contribution is 0.0860. The van der Waals surface area contributed by atoms with E-state index in [-0.39, 0.29) is 5.91 Å². The van der Waals surface area contributed by atoms with Crippen LogP contribution in [0.3, 0.4) is 0 Å². The molecule has 0 fully saturated rings. The van der Waals surface area contributed by atoms with Crippen molar-refractivity contribution in [3.8, 4) is 11.1 Å². The number of amides is 1. The van der Waals surface area contributed by atoms with Gasteiger partial charge in [-0.3, -0.25) is 14.7 Å². The molecular formula is C24H22N2OS. The van der Waals surface area contributed by atoms with Crippen molar-refractivity contribution in [3.05, 3.63) is 95.6 Å². The fraction of sp³-hybridized carbons (Fsp3) is 0.167. The Bertz CT molecular complexity index is 997. The molecule has 1 aliphatic heterocycles. The summed E-state index contributed by atoms with van der Waals surface area (Å²) in [5, 5.41) is 0.820. The Morgan fingerprint density at radius 2 is 1.61 bits per heavy atom. The second kappa shape index (κ2) is 8.44. The minimum atomic E-state index is 0.0214.